The molecule has 23 heavy (non-hydrogen) atoms. The molecule has 1 aromatic carbocycles. The van der Waals surface area contributed by atoms with Gasteiger partial charge in [-0.2, -0.15) is 5.26 Å². The van der Waals surface area contributed by atoms with Gasteiger partial charge in [0.05, 0.1) is 0 Å². The lowest BCUT2D eigenvalue weighted by Crippen LogP contribution is -2.46. The molecule has 0 spiro atoms. The third-order valence-electron chi connectivity index (χ3n) is 4.47. The standard InChI is InChI=1S/C19H22N4/c1-22(14-16-7-3-2-4-8-16)18-10-6-12-23(15-18)19-11-5-9-17(13-20)21-19/h2-5,7-9,11,18H,6,10,12,14-15H2,1H3. The van der Waals surface area contributed by atoms with Gasteiger partial charge in [0.15, 0.2) is 0 Å². The Morgan fingerprint density at radius 3 is 2.83 bits per heavy atom. The van der Waals surface area contributed by atoms with E-state index in [0.29, 0.717) is 11.7 Å². The van der Waals surface area contributed by atoms with E-state index in [2.05, 4.69) is 58.2 Å². The summed E-state index contributed by atoms with van der Waals surface area (Å²) in [5.41, 5.74) is 1.83. The summed E-state index contributed by atoms with van der Waals surface area (Å²) in [7, 11) is 2.19. The van der Waals surface area contributed by atoms with Crippen LogP contribution in [0, 0.1) is 11.3 Å². The van der Waals surface area contributed by atoms with Crippen LogP contribution in [0.25, 0.3) is 0 Å². The van der Waals surface area contributed by atoms with Gasteiger partial charge < -0.3 is 4.90 Å². The molecule has 1 unspecified atom stereocenters. The van der Waals surface area contributed by atoms with Crippen molar-refractivity contribution in [2.24, 2.45) is 0 Å². The minimum atomic E-state index is 0.488. The average Bonchev–Trinajstić information content (AvgIpc) is 2.63. The van der Waals surface area contributed by atoms with Crippen molar-refractivity contribution >= 4 is 5.82 Å². The van der Waals surface area contributed by atoms with Crippen LogP contribution in [0.4, 0.5) is 5.82 Å². The molecule has 3 rings (SSSR count). The zero-order valence-electron chi connectivity index (χ0n) is 13.5. The zero-order valence-corrected chi connectivity index (χ0v) is 13.5. The molecular weight excluding hydrogens is 284 g/mol. The minimum Gasteiger partial charge on any atom is -0.355 e. The predicted molar refractivity (Wildman–Crippen MR) is 92.1 cm³/mol. The molecule has 1 aliphatic heterocycles. The van der Waals surface area contributed by atoms with Gasteiger partial charge in [0, 0.05) is 25.7 Å². The molecule has 1 fully saturated rings. The molecule has 1 aliphatic rings. The number of hydrogen-bond donors (Lipinski definition) is 0. The lowest BCUT2D eigenvalue weighted by molar-refractivity contribution is 0.207. The van der Waals surface area contributed by atoms with Gasteiger partial charge in [0.2, 0.25) is 0 Å². The Morgan fingerprint density at radius 2 is 2.04 bits per heavy atom. The molecule has 0 radical (unpaired) electrons. The number of nitriles is 1. The SMILES string of the molecule is CN(Cc1ccccc1)C1CCCN(c2cccc(C#N)n2)C1. The van der Waals surface area contributed by atoms with E-state index in [1.807, 2.05) is 12.1 Å². The van der Waals surface area contributed by atoms with Crippen LogP contribution in [0.5, 0.6) is 0 Å². The third-order valence-corrected chi connectivity index (χ3v) is 4.47. The monoisotopic (exact) mass is 306 g/mol. The minimum absolute atomic E-state index is 0.488. The Balaban J connectivity index is 1.67. The first-order chi connectivity index (χ1) is 11.3. The lowest BCUT2D eigenvalue weighted by atomic mass is 10.0. The Hall–Kier alpha value is -2.38. The second-order valence-corrected chi connectivity index (χ2v) is 6.14. The molecule has 0 N–H and O–H groups in total. The molecule has 2 aromatic rings. The largest absolute Gasteiger partial charge is 0.355 e. The summed E-state index contributed by atoms with van der Waals surface area (Å²) in [6.07, 6.45) is 2.36. The molecule has 1 saturated heterocycles. The Kier molecular flexibility index (Phi) is 4.89. The first-order valence-corrected chi connectivity index (χ1v) is 8.12. The highest BCUT2D eigenvalue weighted by Gasteiger charge is 2.24. The van der Waals surface area contributed by atoms with Crippen LogP contribution >= 0.6 is 0 Å². The van der Waals surface area contributed by atoms with E-state index in [-0.39, 0.29) is 0 Å². The molecule has 0 aliphatic carbocycles. The van der Waals surface area contributed by atoms with Crippen molar-refractivity contribution in [3.63, 3.8) is 0 Å². The number of pyridine rings is 1. The van der Waals surface area contributed by atoms with E-state index in [9.17, 15) is 0 Å². The molecule has 118 valence electrons. The first kappa shape index (κ1) is 15.5. The van der Waals surface area contributed by atoms with Crippen molar-refractivity contribution in [1.29, 1.82) is 5.26 Å². The summed E-state index contributed by atoms with van der Waals surface area (Å²) in [4.78, 5) is 9.17. The average molecular weight is 306 g/mol. The first-order valence-electron chi connectivity index (χ1n) is 8.12. The van der Waals surface area contributed by atoms with Gasteiger partial charge in [-0.15, -0.1) is 0 Å². The number of benzene rings is 1. The third kappa shape index (κ3) is 3.88. The van der Waals surface area contributed by atoms with Crippen molar-refractivity contribution < 1.29 is 0 Å². The fraction of sp³-hybridized carbons (Fsp3) is 0.368. The van der Waals surface area contributed by atoms with E-state index >= 15 is 0 Å². The predicted octanol–water partition coefficient (Wildman–Crippen LogP) is 3.05. The van der Waals surface area contributed by atoms with Gasteiger partial charge >= 0.3 is 0 Å². The number of nitrogens with zero attached hydrogens (tertiary/aromatic N) is 4. The van der Waals surface area contributed by atoms with Crippen LogP contribution in [0.3, 0.4) is 0 Å². The van der Waals surface area contributed by atoms with Gasteiger partial charge in [-0.1, -0.05) is 36.4 Å². The van der Waals surface area contributed by atoms with E-state index in [0.717, 1.165) is 31.9 Å². The number of piperidine rings is 1. The second kappa shape index (κ2) is 7.26. The topological polar surface area (TPSA) is 43.2 Å². The zero-order chi connectivity index (χ0) is 16.1. The van der Waals surface area contributed by atoms with Crippen molar-refractivity contribution in [3.05, 3.63) is 59.8 Å². The second-order valence-electron chi connectivity index (χ2n) is 6.14. The molecule has 0 amide bonds. The summed E-state index contributed by atoms with van der Waals surface area (Å²) in [6.45, 7) is 2.94. The Labute approximate surface area is 138 Å². The van der Waals surface area contributed by atoms with E-state index in [1.54, 1.807) is 6.07 Å². The molecule has 1 atom stereocenters. The highest BCUT2D eigenvalue weighted by Crippen LogP contribution is 2.21. The van der Waals surface area contributed by atoms with Crippen molar-refractivity contribution in [2.75, 3.05) is 25.0 Å². The number of anilines is 1. The Bertz CT molecular complexity index is 677. The Morgan fingerprint density at radius 1 is 1.22 bits per heavy atom. The van der Waals surface area contributed by atoms with Crippen LogP contribution in [-0.4, -0.2) is 36.1 Å². The highest BCUT2D eigenvalue weighted by atomic mass is 15.2. The molecule has 4 heteroatoms. The molecule has 0 saturated carbocycles. The number of hydrogen-bond acceptors (Lipinski definition) is 4. The van der Waals surface area contributed by atoms with Crippen LogP contribution in [-0.2, 0) is 6.54 Å². The van der Waals surface area contributed by atoms with Crippen molar-refractivity contribution in [1.82, 2.24) is 9.88 Å². The van der Waals surface area contributed by atoms with E-state index in [1.165, 1.54) is 12.0 Å². The van der Waals surface area contributed by atoms with Crippen molar-refractivity contribution in [3.8, 4) is 6.07 Å². The maximum Gasteiger partial charge on any atom is 0.142 e. The molecule has 0 bridgehead atoms. The van der Waals surface area contributed by atoms with E-state index in [4.69, 9.17) is 5.26 Å². The fourth-order valence-corrected chi connectivity index (χ4v) is 3.18. The van der Waals surface area contributed by atoms with Gasteiger partial charge in [-0.25, -0.2) is 4.98 Å². The summed E-state index contributed by atoms with van der Waals surface area (Å²) in [6, 6.07) is 18.9. The number of rotatable bonds is 4. The summed E-state index contributed by atoms with van der Waals surface area (Å²) < 4.78 is 0. The number of likely N-dealkylation sites (N-methyl/N-ethyl adjacent to an activating group) is 1. The van der Waals surface area contributed by atoms with Gasteiger partial charge in [-0.3, -0.25) is 4.90 Å². The molecule has 2 heterocycles. The molecular formula is C19H22N4. The smallest absolute Gasteiger partial charge is 0.142 e. The van der Waals surface area contributed by atoms with Crippen LogP contribution < -0.4 is 4.90 Å². The van der Waals surface area contributed by atoms with Crippen LogP contribution in [0.2, 0.25) is 0 Å². The molecule has 1 aromatic heterocycles. The highest BCUT2D eigenvalue weighted by molar-refractivity contribution is 5.42. The lowest BCUT2D eigenvalue weighted by Gasteiger charge is -2.38. The van der Waals surface area contributed by atoms with E-state index < -0.39 is 0 Å². The summed E-state index contributed by atoms with van der Waals surface area (Å²) >= 11 is 0. The van der Waals surface area contributed by atoms with Crippen molar-refractivity contribution in [2.45, 2.75) is 25.4 Å². The normalized spacial score (nSPS) is 18.0. The summed E-state index contributed by atoms with van der Waals surface area (Å²) in [5.74, 6) is 0.918. The summed E-state index contributed by atoms with van der Waals surface area (Å²) in [5, 5.41) is 9.03. The number of aromatic nitrogens is 1. The fourth-order valence-electron chi connectivity index (χ4n) is 3.18. The quantitative estimate of drug-likeness (QED) is 0.871. The molecule has 4 nitrogen and oxygen atoms in total. The van der Waals surface area contributed by atoms with Crippen LogP contribution in [0.15, 0.2) is 48.5 Å². The van der Waals surface area contributed by atoms with Crippen LogP contribution in [0.1, 0.15) is 24.1 Å². The van der Waals surface area contributed by atoms with Gasteiger partial charge in [-0.05, 0) is 37.6 Å². The maximum atomic E-state index is 9.03. The van der Waals surface area contributed by atoms with Gasteiger partial charge in [0.25, 0.3) is 0 Å². The maximum absolute atomic E-state index is 9.03. The van der Waals surface area contributed by atoms with Gasteiger partial charge in [0.1, 0.15) is 17.6 Å².